The molecule has 0 radical (unpaired) electrons. The molecule has 0 saturated carbocycles. The second kappa shape index (κ2) is 11.0. The molecule has 0 aliphatic carbocycles. The first-order chi connectivity index (χ1) is 14.6. The molecule has 1 heterocycles. The number of hydrogen-bond donors (Lipinski definition) is 1. The average Bonchev–Trinajstić information content (AvgIpc) is 2.72. The van der Waals surface area contributed by atoms with Gasteiger partial charge in [0.2, 0.25) is 10.0 Å². The maximum Gasteiger partial charge on any atom is 0.408 e. The molecule has 1 fully saturated rings. The molecular formula is C22H28ClF3N2O3S. The van der Waals surface area contributed by atoms with Crippen molar-refractivity contribution in [2.45, 2.75) is 37.2 Å². The van der Waals surface area contributed by atoms with E-state index < -0.39 is 22.2 Å². The molecule has 3 atom stereocenters. The van der Waals surface area contributed by atoms with Crippen LogP contribution >= 0.6 is 12.4 Å². The highest BCUT2D eigenvalue weighted by Crippen LogP contribution is 2.34. The van der Waals surface area contributed by atoms with Gasteiger partial charge in [0.25, 0.3) is 0 Å². The van der Waals surface area contributed by atoms with Crippen LogP contribution in [-0.4, -0.2) is 52.1 Å². The van der Waals surface area contributed by atoms with E-state index in [1.165, 1.54) is 17.7 Å². The lowest BCUT2D eigenvalue weighted by molar-refractivity contribution is -0.153. The summed E-state index contributed by atoms with van der Waals surface area (Å²) < 4.78 is 70.1. The summed E-state index contributed by atoms with van der Waals surface area (Å²) in [6.07, 6.45) is -3.03. The number of methoxy groups -OCH3 is 1. The third-order valence-corrected chi connectivity index (χ3v) is 6.21. The van der Waals surface area contributed by atoms with Crippen LogP contribution in [0.15, 0.2) is 54.6 Å². The maximum atomic E-state index is 13.3. The average molecular weight is 493 g/mol. The molecule has 0 spiro atoms. The standard InChI is InChI=1S/C22H27F3N2O3S.ClH/c1-30-20-12-13-27(15-19(20)17-6-4-3-5-7-17)14-16-8-10-18(11-9-16)21(22(23,24)25)26-31(2,28)29;/h3-11,19-21,26H,12-15H2,1-2H3;1H/t19?,20?,21-;/m0./s1. The Morgan fingerprint density at radius 1 is 1.12 bits per heavy atom. The van der Waals surface area contributed by atoms with Crippen LogP contribution in [-0.2, 0) is 21.3 Å². The Bertz CT molecular complexity index is 957. The number of likely N-dealkylation sites (tertiary alicyclic amines) is 1. The molecule has 32 heavy (non-hydrogen) atoms. The summed E-state index contributed by atoms with van der Waals surface area (Å²) in [6.45, 7) is 2.20. The minimum Gasteiger partial charge on any atom is -0.381 e. The lowest BCUT2D eigenvalue weighted by Gasteiger charge is -2.38. The third kappa shape index (κ3) is 7.18. The molecular weight excluding hydrogens is 465 g/mol. The lowest BCUT2D eigenvalue weighted by atomic mass is 9.87. The Kier molecular flexibility index (Phi) is 9.13. The Balaban J connectivity index is 0.00000363. The number of alkyl halides is 3. The van der Waals surface area contributed by atoms with Crippen LogP contribution in [0.25, 0.3) is 0 Å². The molecule has 0 amide bonds. The van der Waals surface area contributed by atoms with E-state index in [1.807, 2.05) is 18.2 Å². The van der Waals surface area contributed by atoms with Crippen LogP contribution in [0.4, 0.5) is 13.2 Å². The van der Waals surface area contributed by atoms with Crippen LogP contribution in [0.5, 0.6) is 0 Å². The normalized spacial score (nSPS) is 21.0. The highest BCUT2D eigenvalue weighted by Gasteiger charge is 2.42. The molecule has 10 heteroatoms. The molecule has 1 N–H and O–H groups in total. The first kappa shape index (κ1) is 26.6. The summed E-state index contributed by atoms with van der Waals surface area (Å²) in [4.78, 5) is 2.26. The summed E-state index contributed by atoms with van der Waals surface area (Å²) in [5, 5.41) is 0. The number of sulfonamides is 1. The Labute approximate surface area is 193 Å². The van der Waals surface area contributed by atoms with Crippen molar-refractivity contribution < 1.29 is 26.3 Å². The van der Waals surface area contributed by atoms with Gasteiger partial charge in [-0.25, -0.2) is 8.42 Å². The summed E-state index contributed by atoms with van der Waals surface area (Å²) in [7, 11) is -2.30. The molecule has 2 aromatic rings. The van der Waals surface area contributed by atoms with Gasteiger partial charge in [-0.1, -0.05) is 54.6 Å². The van der Waals surface area contributed by atoms with Gasteiger partial charge in [-0.05, 0) is 23.1 Å². The number of hydrogen-bond acceptors (Lipinski definition) is 4. The van der Waals surface area contributed by atoms with Gasteiger partial charge in [-0.2, -0.15) is 17.9 Å². The molecule has 1 aliphatic rings. The van der Waals surface area contributed by atoms with Crippen molar-refractivity contribution in [2.75, 3.05) is 26.5 Å². The number of nitrogens with zero attached hydrogens (tertiary/aromatic N) is 1. The number of piperidine rings is 1. The van der Waals surface area contributed by atoms with Crippen LogP contribution in [0.1, 0.15) is 35.1 Å². The van der Waals surface area contributed by atoms with Crippen LogP contribution in [0, 0.1) is 0 Å². The van der Waals surface area contributed by atoms with E-state index in [2.05, 4.69) is 17.0 Å². The quantitative estimate of drug-likeness (QED) is 0.627. The number of nitrogens with one attached hydrogen (secondary N) is 1. The number of ether oxygens (including phenoxy) is 1. The fourth-order valence-corrected chi connectivity index (χ4v) is 4.75. The molecule has 2 unspecified atom stereocenters. The van der Waals surface area contributed by atoms with Gasteiger partial charge in [-0.3, -0.25) is 4.90 Å². The monoisotopic (exact) mass is 492 g/mol. The van der Waals surface area contributed by atoms with Gasteiger partial charge in [0.15, 0.2) is 0 Å². The molecule has 5 nitrogen and oxygen atoms in total. The SMILES string of the molecule is COC1CCN(Cc2ccc([C@H](NS(C)(=O)=O)C(F)(F)F)cc2)CC1c1ccccc1.Cl. The number of benzene rings is 2. The third-order valence-electron chi connectivity index (χ3n) is 5.54. The first-order valence-corrected chi connectivity index (χ1v) is 11.9. The van der Waals surface area contributed by atoms with Crippen LogP contribution in [0.3, 0.4) is 0 Å². The second-order valence-electron chi connectivity index (χ2n) is 7.92. The maximum absolute atomic E-state index is 13.3. The molecule has 0 aromatic heterocycles. The molecule has 1 saturated heterocycles. The van der Waals surface area contributed by atoms with Crippen molar-refractivity contribution in [2.24, 2.45) is 0 Å². The van der Waals surface area contributed by atoms with E-state index in [-0.39, 0.29) is 30.0 Å². The predicted octanol–water partition coefficient (Wildman–Crippen LogP) is 4.27. The molecule has 3 rings (SSSR count). The molecule has 178 valence electrons. The summed E-state index contributed by atoms with van der Waals surface area (Å²) >= 11 is 0. The van der Waals surface area contributed by atoms with Crippen molar-refractivity contribution in [1.82, 2.24) is 9.62 Å². The number of rotatable bonds is 7. The number of halogens is 4. The summed E-state index contributed by atoms with van der Waals surface area (Å²) in [5.41, 5.74) is 1.93. The Morgan fingerprint density at radius 2 is 1.75 bits per heavy atom. The van der Waals surface area contributed by atoms with Gasteiger partial charge in [-0.15, -0.1) is 12.4 Å². The van der Waals surface area contributed by atoms with Gasteiger partial charge >= 0.3 is 6.18 Å². The zero-order valence-corrected chi connectivity index (χ0v) is 19.5. The molecule has 0 bridgehead atoms. The van der Waals surface area contributed by atoms with Gasteiger partial charge in [0.05, 0.1) is 12.4 Å². The minimum atomic E-state index is -4.73. The zero-order chi connectivity index (χ0) is 22.6. The Morgan fingerprint density at radius 3 is 2.28 bits per heavy atom. The van der Waals surface area contributed by atoms with E-state index in [4.69, 9.17) is 4.74 Å². The van der Waals surface area contributed by atoms with Gasteiger partial charge < -0.3 is 4.74 Å². The van der Waals surface area contributed by atoms with Crippen molar-refractivity contribution in [3.63, 3.8) is 0 Å². The van der Waals surface area contributed by atoms with Crippen molar-refractivity contribution >= 4 is 22.4 Å². The van der Waals surface area contributed by atoms with Gasteiger partial charge in [0.1, 0.15) is 6.04 Å². The van der Waals surface area contributed by atoms with E-state index in [0.29, 0.717) is 12.8 Å². The zero-order valence-electron chi connectivity index (χ0n) is 17.9. The van der Waals surface area contributed by atoms with E-state index >= 15 is 0 Å². The van der Waals surface area contributed by atoms with Crippen LogP contribution in [0.2, 0.25) is 0 Å². The van der Waals surface area contributed by atoms with E-state index in [1.54, 1.807) is 24.0 Å². The second-order valence-corrected chi connectivity index (χ2v) is 9.70. The van der Waals surface area contributed by atoms with Crippen molar-refractivity contribution in [3.05, 3.63) is 71.3 Å². The highest BCUT2D eigenvalue weighted by molar-refractivity contribution is 7.88. The smallest absolute Gasteiger partial charge is 0.381 e. The molecule has 2 aromatic carbocycles. The lowest BCUT2D eigenvalue weighted by Crippen LogP contribution is -2.42. The minimum absolute atomic E-state index is 0. The van der Waals surface area contributed by atoms with Crippen molar-refractivity contribution in [3.8, 4) is 0 Å². The van der Waals surface area contributed by atoms with E-state index in [9.17, 15) is 21.6 Å². The van der Waals surface area contributed by atoms with Crippen LogP contribution < -0.4 is 4.72 Å². The predicted molar refractivity (Wildman–Crippen MR) is 120 cm³/mol. The van der Waals surface area contributed by atoms with E-state index in [0.717, 1.165) is 25.1 Å². The first-order valence-electron chi connectivity index (χ1n) is 10.00. The fraction of sp³-hybridized carbons (Fsp3) is 0.455. The Hall–Kier alpha value is -1.65. The fourth-order valence-electron chi connectivity index (χ4n) is 4.06. The molecule has 1 aliphatic heterocycles. The summed E-state index contributed by atoms with van der Waals surface area (Å²) in [6, 6.07) is 13.8. The largest absolute Gasteiger partial charge is 0.408 e. The van der Waals surface area contributed by atoms with Gasteiger partial charge in [0, 0.05) is 32.7 Å². The van der Waals surface area contributed by atoms with Crippen molar-refractivity contribution in [1.29, 1.82) is 0 Å². The highest BCUT2D eigenvalue weighted by atomic mass is 35.5. The topological polar surface area (TPSA) is 58.6 Å². The summed E-state index contributed by atoms with van der Waals surface area (Å²) in [5.74, 6) is 0.216.